The van der Waals surface area contributed by atoms with Crippen molar-refractivity contribution in [1.29, 1.82) is 0 Å². The number of allylic oxidation sites excluding steroid dienone is 1. The van der Waals surface area contributed by atoms with Crippen LogP contribution in [0.3, 0.4) is 0 Å². The number of hydrogen-bond acceptors (Lipinski definition) is 1. The fourth-order valence-electron chi connectivity index (χ4n) is 0.906. The highest BCUT2D eigenvalue weighted by atomic mass is 15.1. The summed E-state index contributed by atoms with van der Waals surface area (Å²) in [6, 6.07) is 10.2. The van der Waals surface area contributed by atoms with E-state index in [0.29, 0.717) is 0 Å². The van der Waals surface area contributed by atoms with Crippen LogP contribution in [0.15, 0.2) is 48.7 Å². The largest absolute Gasteiger partial charge is 0.378 e. The monoisotopic (exact) mass is 173 g/mol. The molecule has 0 aliphatic heterocycles. The summed E-state index contributed by atoms with van der Waals surface area (Å²) in [7, 11) is 3.97. The maximum atomic E-state index is 3.91. The van der Waals surface area contributed by atoms with Crippen LogP contribution in [-0.4, -0.2) is 19.0 Å². The topological polar surface area (TPSA) is 3.24 Å². The van der Waals surface area contributed by atoms with Crippen LogP contribution in [0.1, 0.15) is 5.56 Å². The highest BCUT2D eigenvalue weighted by Gasteiger charge is 1.88. The zero-order chi connectivity index (χ0) is 9.68. The van der Waals surface area contributed by atoms with Crippen molar-refractivity contribution in [2.75, 3.05) is 14.1 Å². The molecule has 0 unspecified atom stereocenters. The van der Waals surface area contributed by atoms with Gasteiger partial charge in [0.25, 0.3) is 0 Å². The minimum atomic E-state index is 1.00. The average Bonchev–Trinajstić information content (AvgIpc) is 2.15. The summed E-state index contributed by atoms with van der Waals surface area (Å²) >= 11 is 0. The van der Waals surface area contributed by atoms with Crippen molar-refractivity contribution in [2.24, 2.45) is 0 Å². The molecular formula is C12H15N. The Morgan fingerprint density at radius 1 is 1.23 bits per heavy atom. The SMILES string of the molecule is C=C(/C=C/c1ccccc1)N(C)C. The summed E-state index contributed by atoms with van der Waals surface area (Å²) in [6.45, 7) is 3.91. The second-order valence-electron chi connectivity index (χ2n) is 3.13. The van der Waals surface area contributed by atoms with E-state index in [4.69, 9.17) is 0 Å². The zero-order valence-electron chi connectivity index (χ0n) is 8.20. The molecule has 0 atom stereocenters. The van der Waals surface area contributed by atoms with Crippen molar-refractivity contribution < 1.29 is 0 Å². The van der Waals surface area contributed by atoms with Crippen LogP contribution in [0.25, 0.3) is 6.08 Å². The molecule has 0 fully saturated rings. The molecule has 0 aliphatic rings. The summed E-state index contributed by atoms with van der Waals surface area (Å²) in [6.07, 6.45) is 4.07. The molecule has 1 nitrogen and oxygen atoms in total. The molecule has 0 amide bonds. The van der Waals surface area contributed by atoms with Gasteiger partial charge in [0.1, 0.15) is 0 Å². The van der Waals surface area contributed by atoms with E-state index in [0.717, 1.165) is 5.70 Å². The molecule has 1 aromatic carbocycles. The van der Waals surface area contributed by atoms with Gasteiger partial charge in [-0.15, -0.1) is 0 Å². The van der Waals surface area contributed by atoms with E-state index >= 15 is 0 Å². The van der Waals surface area contributed by atoms with Crippen LogP contribution < -0.4 is 0 Å². The number of benzene rings is 1. The predicted octanol–water partition coefficient (Wildman–Crippen LogP) is 2.78. The Morgan fingerprint density at radius 3 is 2.38 bits per heavy atom. The summed E-state index contributed by atoms with van der Waals surface area (Å²) in [4.78, 5) is 1.99. The lowest BCUT2D eigenvalue weighted by Gasteiger charge is -2.10. The average molecular weight is 173 g/mol. The van der Waals surface area contributed by atoms with Crippen molar-refractivity contribution in [3.05, 3.63) is 54.2 Å². The van der Waals surface area contributed by atoms with Crippen molar-refractivity contribution in [3.63, 3.8) is 0 Å². The quantitative estimate of drug-likeness (QED) is 0.635. The van der Waals surface area contributed by atoms with Gasteiger partial charge in [0.2, 0.25) is 0 Å². The molecule has 0 saturated carbocycles. The van der Waals surface area contributed by atoms with Crippen molar-refractivity contribution in [2.45, 2.75) is 0 Å². The van der Waals surface area contributed by atoms with E-state index in [1.54, 1.807) is 0 Å². The number of rotatable bonds is 3. The Balaban J connectivity index is 2.64. The molecule has 0 N–H and O–H groups in total. The van der Waals surface area contributed by atoms with Gasteiger partial charge >= 0.3 is 0 Å². The molecule has 0 aromatic heterocycles. The summed E-state index contributed by atoms with van der Waals surface area (Å²) < 4.78 is 0. The molecule has 0 saturated heterocycles. The molecule has 1 heteroatoms. The van der Waals surface area contributed by atoms with Gasteiger partial charge in [0.05, 0.1) is 0 Å². The standard InChI is InChI=1S/C12H15N/c1-11(13(2)3)9-10-12-7-5-4-6-8-12/h4-10H,1H2,2-3H3/b10-9+. The smallest absolute Gasteiger partial charge is 0.0288 e. The zero-order valence-corrected chi connectivity index (χ0v) is 8.20. The van der Waals surface area contributed by atoms with Gasteiger partial charge in [0, 0.05) is 19.8 Å². The summed E-state index contributed by atoms with van der Waals surface area (Å²) in [5.41, 5.74) is 2.20. The molecule has 0 spiro atoms. The molecule has 0 aliphatic carbocycles. The van der Waals surface area contributed by atoms with E-state index in [9.17, 15) is 0 Å². The van der Waals surface area contributed by atoms with Crippen molar-refractivity contribution in [3.8, 4) is 0 Å². The van der Waals surface area contributed by atoms with E-state index in [1.165, 1.54) is 5.56 Å². The maximum Gasteiger partial charge on any atom is 0.0288 e. The highest BCUT2D eigenvalue weighted by Crippen LogP contribution is 2.04. The molecule has 13 heavy (non-hydrogen) atoms. The maximum absolute atomic E-state index is 3.91. The lowest BCUT2D eigenvalue weighted by Crippen LogP contribution is -2.07. The van der Waals surface area contributed by atoms with Crippen LogP contribution in [0.4, 0.5) is 0 Å². The number of nitrogens with zero attached hydrogens (tertiary/aromatic N) is 1. The first kappa shape index (κ1) is 9.59. The van der Waals surface area contributed by atoms with Crippen LogP contribution in [-0.2, 0) is 0 Å². The van der Waals surface area contributed by atoms with Gasteiger partial charge in [-0.05, 0) is 11.6 Å². The second kappa shape index (κ2) is 4.51. The second-order valence-corrected chi connectivity index (χ2v) is 3.13. The van der Waals surface area contributed by atoms with Crippen molar-refractivity contribution >= 4 is 6.08 Å². The molecule has 1 aromatic rings. The molecule has 0 heterocycles. The summed E-state index contributed by atoms with van der Waals surface area (Å²) in [5.74, 6) is 0. The Morgan fingerprint density at radius 2 is 1.85 bits per heavy atom. The third kappa shape index (κ3) is 3.16. The van der Waals surface area contributed by atoms with Gasteiger partial charge in [-0.1, -0.05) is 43.0 Å². The first-order chi connectivity index (χ1) is 6.20. The molecule has 0 radical (unpaired) electrons. The first-order valence-electron chi connectivity index (χ1n) is 4.29. The number of hydrogen-bond donors (Lipinski definition) is 0. The Kier molecular flexibility index (Phi) is 3.32. The minimum absolute atomic E-state index is 1.00. The molecule has 0 bridgehead atoms. The van der Waals surface area contributed by atoms with E-state index in [2.05, 4.69) is 24.8 Å². The van der Waals surface area contributed by atoms with E-state index in [-0.39, 0.29) is 0 Å². The normalized spacial score (nSPS) is 10.3. The molecule has 1 rings (SSSR count). The van der Waals surface area contributed by atoms with Gasteiger partial charge in [-0.3, -0.25) is 0 Å². The third-order valence-electron chi connectivity index (χ3n) is 1.84. The van der Waals surface area contributed by atoms with Gasteiger partial charge < -0.3 is 4.90 Å². The lowest BCUT2D eigenvalue weighted by molar-refractivity contribution is 0.533. The van der Waals surface area contributed by atoms with Gasteiger partial charge in [-0.25, -0.2) is 0 Å². The minimum Gasteiger partial charge on any atom is -0.378 e. The predicted molar refractivity (Wildman–Crippen MR) is 58.3 cm³/mol. The number of likely N-dealkylation sites (N-methyl/N-ethyl adjacent to an activating group) is 1. The Bertz CT molecular complexity index is 296. The van der Waals surface area contributed by atoms with Gasteiger partial charge in [0.15, 0.2) is 0 Å². The van der Waals surface area contributed by atoms with Crippen LogP contribution in [0, 0.1) is 0 Å². The molecular weight excluding hydrogens is 158 g/mol. The summed E-state index contributed by atoms with van der Waals surface area (Å²) in [5, 5.41) is 0. The Labute approximate surface area is 80.0 Å². The fourth-order valence-corrected chi connectivity index (χ4v) is 0.906. The fraction of sp³-hybridized carbons (Fsp3) is 0.167. The first-order valence-corrected chi connectivity index (χ1v) is 4.29. The third-order valence-corrected chi connectivity index (χ3v) is 1.84. The van der Waals surface area contributed by atoms with Crippen LogP contribution in [0.5, 0.6) is 0 Å². The molecule has 68 valence electrons. The van der Waals surface area contributed by atoms with Gasteiger partial charge in [-0.2, -0.15) is 0 Å². The van der Waals surface area contributed by atoms with E-state index < -0.39 is 0 Å². The highest BCUT2D eigenvalue weighted by molar-refractivity contribution is 5.51. The van der Waals surface area contributed by atoms with Crippen molar-refractivity contribution in [1.82, 2.24) is 4.90 Å². The van der Waals surface area contributed by atoms with Crippen LogP contribution in [0.2, 0.25) is 0 Å². The van der Waals surface area contributed by atoms with E-state index in [1.807, 2.05) is 43.3 Å². The van der Waals surface area contributed by atoms with Crippen LogP contribution >= 0.6 is 0 Å². The Hall–Kier alpha value is -1.50. The lowest BCUT2D eigenvalue weighted by atomic mass is 10.2.